The van der Waals surface area contributed by atoms with E-state index in [1.54, 1.807) is 20.8 Å². The van der Waals surface area contributed by atoms with Gasteiger partial charge < -0.3 is 15.6 Å². The van der Waals surface area contributed by atoms with E-state index in [1.807, 2.05) is 0 Å². The summed E-state index contributed by atoms with van der Waals surface area (Å²) in [4.78, 5) is 23.7. The standard InChI is InChI=1S/C14H20N2O4/c1-8(15)12(18)10-7-9(17)5-6-11(10)16-13(19)20-14(2,3)4/h5-8,17H,15H2,1-4H3,(H,16,19). The number of rotatable bonds is 3. The molecule has 0 radical (unpaired) electrons. The molecule has 0 bridgehead atoms. The molecule has 4 N–H and O–H groups in total. The number of aromatic hydroxyl groups is 1. The Morgan fingerprint density at radius 1 is 1.35 bits per heavy atom. The lowest BCUT2D eigenvalue weighted by Crippen LogP contribution is -2.30. The normalized spacial score (nSPS) is 12.7. The third kappa shape index (κ3) is 4.55. The van der Waals surface area contributed by atoms with Crippen LogP contribution in [-0.4, -0.2) is 28.6 Å². The average Bonchev–Trinajstić information content (AvgIpc) is 2.27. The topological polar surface area (TPSA) is 102 Å². The van der Waals surface area contributed by atoms with Crippen LogP contribution in [0.2, 0.25) is 0 Å². The van der Waals surface area contributed by atoms with Gasteiger partial charge in [0.2, 0.25) is 0 Å². The SMILES string of the molecule is CC(N)C(=O)c1cc(O)ccc1NC(=O)OC(C)(C)C. The van der Waals surface area contributed by atoms with Crippen molar-refractivity contribution in [1.29, 1.82) is 0 Å². The zero-order chi connectivity index (χ0) is 15.5. The van der Waals surface area contributed by atoms with Crippen LogP contribution in [0, 0.1) is 0 Å². The van der Waals surface area contributed by atoms with E-state index in [0.717, 1.165) is 0 Å². The second kappa shape index (κ2) is 5.92. The summed E-state index contributed by atoms with van der Waals surface area (Å²) in [6.45, 7) is 6.73. The molecule has 6 heteroatoms. The number of phenolic OH excluding ortho intramolecular Hbond substituents is 1. The minimum Gasteiger partial charge on any atom is -0.508 e. The van der Waals surface area contributed by atoms with Crippen molar-refractivity contribution in [3.8, 4) is 5.75 Å². The van der Waals surface area contributed by atoms with Crippen LogP contribution < -0.4 is 11.1 Å². The first-order valence-electron chi connectivity index (χ1n) is 6.23. The van der Waals surface area contributed by atoms with Gasteiger partial charge >= 0.3 is 6.09 Å². The fourth-order valence-electron chi connectivity index (χ4n) is 1.50. The summed E-state index contributed by atoms with van der Waals surface area (Å²) < 4.78 is 5.11. The van der Waals surface area contributed by atoms with Crippen LogP contribution in [0.5, 0.6) is 5.75 Å². The zero-order valence-electron chi connectivity index (χ0n) is 12.1. The van der Waals surface area contributed by atoms with Crippen molar-refractivity contribution in [1.82, 2.24) is 0 Å². The van der Waals surface area contributed by atoms with Crippen molar-refractivity contribution in [3.63, 3.8) is 0 Å². The van der Waals surface area contributed by atoms with Gasteiger partial charge in [0.25, 0.3) is 0 Å². The molecular weight excluding hydrogens is 260 g/mol. The van der Waals surface area contributed by atoms with Gasteiger partial charge in [-0.05, 0) is 45.9 Å². The van der Waals surface area contributed by atoms with Crippen molar-refractivity contribution in [2.24, 2.45) is 5.73 Å². The van der Waals surface area contributed by atoms with Crippen LogP contribution in [0.4, 0.5) is 10.5 Å². The summed E-state index contributed by atoms with van der Waals surface area (Å²) in [6.07, 6.45) is -0.679. The van der Waals surface area contributed by atoms with Crippen molar-refractivity contribution in [2.75, 3.05) is 5.32 Å². The number of Topliss-reactive ketones (excluding diaryl/α,β-unsaturated/α-hetero) is 1. The number of carbonyl (C=O) groups is 2. The summed E-state index contributed by atoms with van der Waals surface area (Å²) in [5, 5.41) is 11.9. The highest BCUT2D eigenvalue weighted by Crippen LogP contribution is 2.23. The molecule has 1 atom stereocenters. The van der Waals surface area contributed by atoms with Crippen molar-refractivity contribution < 1.29 is 19.4 Å². The van der Waals surface area contributed by atoms with E-state index in [-0.39, 0.29) is 22.8 Å². The number of hydrogen-bond acceptors (Lipinski definition) is 5. The number of phenols is 1. The fraction of sp³-hybridized carbons (Fsp3) is 0.429. The summed E-state index contributed by atoms with van der Waals surface area (Å²) in [5.74, 6) is -0.462. The van der Waals surface area contributed by atoms with E-state index in [0.29, 0.717) is 0 Å². The van der Waals surface area contributed by atoms with Gasteiger partial charge in [0.05, 0.1) is 11.7 Å². The Labute approximate surface area is 117 Å². The molecule has 20 heavy (non-hydrogen) atoms. The highest BCUT2D eigenvalue weighted by atomic mass is 16.6. The van der Waals surface area contributed by atoms with Gasteiger partial charge in [-0.1, -0.05) is 0 Å². The highest BCUT2D eigenvalue weighted by Gasteiger charge is 2.20. The van der Waals surface area contributed by atoms with Gasteiger partial charge in [0.15, 0.2) is 5.78 Å². The first-order chi connectivity index (χ1) is 9.10. The predicted octanol–water partition coefficient (Wildman–Crippen LogP) is 2.27. The van der Waals surface area contributed by atoms with Crippen molar-refractivity contribution >= 4 is 17.6 Å². The maximum absolute atomic E-state index is 12.0. The van der Waals surface area contributed by atoms with Gasteiger partial charge in [-0.15, -0.1) is 0 Å². The average molecular weight is 280 g/mol. The minimum absolute atomic E-state index is 0.0799. The number of amides is 1. The van der Waals surface area contributed by atoms with Crippen LogP contribution >= 0.6 is 0 Å². The number of ether oxygens (including phenoxy) is 1. The van der Waals surface area contributed by atoms with Gasteiger partial charge in [-0.3, -0.25) is 10.1 Å². The van der Waals surface area contributed by atoms with Gasteiger partial charge in [0.1, 0.15) is 11.4 Å². The third-order valence-corrected chi connectivity index (χ3v) is 2.32. The molecule has 0 saturated carbocycles. The van der Waals surface area contributed by atoms with Crippen LogP contribution in [0.15, 0.2) is 18.2 Å². The van der Waals surface area contributed by atoms with Crippen LogP contribution in [-0.2, 0) is 4.74 Å². The molecule has 1 aromatic carbocycles. The molecule has 1 aromatic rings. The molecule has 0 aromatic heterocycles. The molecule has 1 rings (SSSR count). The Bertz CT molecular complexity index is 518. The molecule has 6 nitrogen and oxygen atoms in total. The Kier molecular flexibility index (Phi) is 4.73. The molecule has 0 aliphatic carbocycles. The Balaban J connectivity index is 3.01. The second-order valence-corrected chi connectivity index (χ2v) is 5.51. The van der Waals surface area contributed by atoms with E-state index >= 15 is 0 Å². The van der Waals surface area contributed by atoms with Crippen LogP contribution in [0.3, 0.4) is 0 Å². The molecule has 110 valence electrons. The lowest BCUT2D eigenvalue weighted by atomic mass is 10.0. The molecule has 0 fully saturated rings. The number of anilines is 1. The van der Waals surface area contributed by atoms with E-state index in [1.165, 1.54) is 25.1 Å². The number of benzene rings is 1. The number of carbonyl (C=O) groups excluding carboxylic acids is 2. The van der Waals surface area contributed by atoms with Gasteiger partial charge in [0, 0.05) is 5.56 Å². The fourth-order valence-corrected chi connectivity index (χ4v) is 1.50. The first kappa shape index (κ1) is 16.0. The van der Waals surface area contributed by atoms with Crippen LogP contribution in [0.1, 0.15) is 38.1 Å². The highest BCUT2D eigenvalue weighted by molar-refractivity contribution is 6.06. The maximum atomic E-state index is 12.0. The molecule has 0 spiro atoms. The van der Waals surface area contributed by atoms with E-state index in [4.69, 9.17) is 10.5 Å². The lowest BCUT2D eigenvalue weighted by molar-refractivity contribution is 0.0636. The Morgan fingerprint density at radius 3 is 2.45 bits per heavy atom. The quantitative estimate of drug-likeness (QED) is 0.582. The molecule has 0 aliphatic heterocycles. The van der Waals surface area contributed by atoms with Crippen molar-refractivity contribution in [2.45, 2.75) is 39.3 Å². The summed E-state index contributed by atoms with van der Waals surface area (Å²) in [7, 11) is 0. The summed E-state index contributed by atoms with van der Waals surface area (Å²) in [5.41, 5.74) is 5.29. The van der Waals surface area contributed by atoms with E-state index < -0.39 is 17.7 Å². The van der Waals surface area contributed by atoms with Gasteiger partial charge in [-0.25, -0.2) is 4.79 Å². The smallest absolute Gasteiger partial charge is 0.412 e. The molecule has 0 aliphatic rings. The van der Waals surface area contributed by atoms with Crippen molar-refractivity contribution in [3.05, 3.63) is 23.8 Å². The predicted molar refractivity (Wildman–Crippen MR) is 75.9 cm³/mol. The monoisotopic (exact) mass is 280 g/mol. The molecule has 1 amide bonds. The summed E-state index contributed by atoms with van der Waals surface area (Å²) in [6, 6.07) is 3.31. The van der Waals surface area contributed by atoms with E-state index in [9.17, 15) is 14.7 Å². The van der Waals surface area contributed by atoms with Crippen LogP contribution in [0.25, 0.3) is 0 Å². The lowest BCUT2D eigenvalue weighted by Gasteiger charge is -2.20. The number of nitrogens with two attached hydrogens (primary N) is 1. The second-order valence-electron chi connectivity index (χ2n) is 5.51. The van der Waals surface area contributed by atoms with Gasteiger partial charge in [-0.2, -0.15) is 0 Å². The minimum atomic E-state index is -0.740. The number of ketones is 1. The summed E-state index contributed by atoms with van der Waals surface area (Å²) >= 11 is 0. The largest absolute Gasteiger partial charge is 0.508 e. The zero-order valence-corrected chi connectivity index (χ0v) is 12.1. The Morgan fingerprint density at radius 2 is 1.95 bits per heavy atom. The maximum Gasteiger partial charge on any atom is 0.412 e. The molecule has 0 saturated heterocycles. The van der Waals surface area contributed by atoms with E-state index in [2.05, 4.69) is 5.32 Å². The third-order valence-electron chi connectivity index (χ3n) is 2.32. The molecule has 0 heterocycles. The first-order valence-corrected chi connectivity index (χ1v) is 6.23. The molecular formula is C14H20N2O4. The molecule has 1 unspecified atom stereocenters. The Hall–Kier alpha value is -2.08. The number of hydrogen-bond donors (Lipinski definition) is 3. The number of nitrogens with one attached hydrogen (secondary N) is 1.